The highest BCUT2D eigenvalue weighted by atomic mass is 16.4. The average Bonchev–Trinajstić information content (AvgIpc) is 3.21. The van der Waals surface area contributed by atoms with Crippen LogP contribution in [0.5, 0.6) is 0 Å². The summed E-state index contributed by atoms with van der Waals surface area (Å²) < 4.78 is 0. The van der Waals surface area contributed by atoms with Crippen molar-refractivity contribution >= 4 is 53.2 Å². The Morgan fingerprint density at radius 1 is 0.484 bits per heavy atom. The van der Waals surface area contributed by atoms with Crippen molar-refractivity contribution in [2.24, 2.45) is 0 Å². The average molecular weight is 882 g/mol. The Bertz CT molecular complexity index is 1480. The van der Waals surface area contributed by atoms with Crippen molar-refractivity contribution in [2.75, 3.05) is 39.4 Å². The Morgan fingerprint density at radius 2 is 0.935 bits per heavy atom. The summed E-state index contributed by atoms with van der Waals surface area (Å²) in [6.07, 6.45) is 16.9. The first kappa shape index (κ1) is 54.9. The zero-order chi connectivity index (χ0) is 46.1. The Balaban J connectivity index is 2.38. The Kier molecular flexibility index (Phi) is 29.7. The van der Waals surface area contributed by atoms with E-state index >= 15 is 0 Å². The minimum Gasteiger partial charge on any atom is -0.481 e. The van der Waals surface area contributed by atoms with Crippen LogP contribution in [0.1, 0.15) is 142 Å². The van der Waals surface area contributed by atoms with Crippen LogP contribution in [0.4, 0.5) is 0 Å². The molecule has 0 aromatic carbocycles. The lowest BCUT2D eigenvalue weighted by atomic mass is 9.90. The Hall–Kier alpha value is -5.11. The highest BCUT2D eigenvalue weighted by Gasteiger charge is 2.26. The second kappa shape index (κ2) is 33.5. The van der Waals surface area contributed by atoms with Crippen LogP contribution in [0, 0.1) is 0 Å². The fourth-order valence-corrected chi connectivity index (χ4v) is 6.40. The minimum absolute atomic E-state index is 0.0542. The predicted molar refractivity (Wildman–Crippen MR) is 227 cm³/mol. The van der Waals surface area contributed by atoms with Gasteiger partial charge in [-0.25, -0.2) is 4.79 Å². The molecule has 1 saturated carbocycles. The summed E-state index contributed by atoms with van der Waals surface area (Å²) in [5.41, 5.74) is 1.38. The van der Waals surface area contributed by atoms with Gasteiger partial charge in [-0.05, 0) is 51.0 Å². The smallest absolute Gasteiger partial charge is 0.326 e. The van der Waals surface area contributed by atoms with Gasteiger partial charge in [0, 0.05) is 25.0 Å². The molecular formula is C42H71N7O13. The summed E-state index contributed by atoms with van der Waals surface area (Å²) >= 11 is 0. The number of aliphatic hydroxyl groups is 2. The fourth-order valence-electron chi connectivity index (χ4n) is 6.40. The number of unbranched alkanes of at least 4 members (excludes halogenated alkanes) is 13. The van der Waals surface area contributed by atoms with E-state index in [1.807, 2.05) is 0 Å². The quantitative estimate of drug-likeness (QED) is 0.0381. The van der Waals surface area contributed by atoms with Crippen molar-refractivity contribution in [3.63, 3.8) is 0 Å². The number of allylic oxidation sites excluding steroid dienone is 1. The number of nitrogens with one attached hydrogen (secondary N) is 7. The number of hydrogen-bond acceptors (Lipinski definition) is 12. The first-order chi connectivity index (χ1) is 29.7. The normalized spacial score (nSPS) is 13.3. The van der Waals surface area contributed by atoms with Crippen LogP contribution < -0.4 is 37.2 Å². The van der Waals surface area contributed by atoms with Gasteiger partial charge in [0.15, 0.2) is 0 Å². The maximum absolute atomic E-state index is 12.9. The summed E-state index contributed by atoms with van der Waals surface area (Å²) in [5.74, 6) is -6.35. The van der Waals surface area contributed by atoms with Gasteiger partial charge in [0.05, 0.1) is 39.4 Å². The molecule has 0 saturated heterocycles. The summed E-state index contributed by atoms with van der Waals surface area (Å²) in [5, 5.41) is 55.0. The van der Waals surface area contributed by atoms with Crippen LogP contribution in [-0.2, 0) is 43.2 Å². The molecule has 20 heteroatoms. The van der Waals surface area contributed by atoms with Crippen molar-refractivity contribution in [1.82, 2.24) is 37.2 Å². The number of carboxylic acids is 2. The monoisotopic (exact) mass is 882 g/mol. The first-order valence-corrected chi connectivity index (χ1v) is 22.0. The van der Waals surface area contributed by atoms with Crippen LogP contribution in [0.2, 0.25) is 0 Å². The number of carbonyl (C=O) groups excluding carboxylic acids is 7. The van der Waals surface area contributed by atoms with Crippen molar-refractivity contribution in [3.8, 4) is 0 Å². The highest BCUT2D eigenvalue weighted by molar-refractivity contribution is 5.93. The second-order valence-corrected chi connectivity index (χ2v) is 15.6. The molecule has 0 spiro atoms. The van der Waals surface area contributed by atoms with Gasteiger partial charge in [0.2, 0.25) is 35.4 Å². The maximum atomic E-state index is 12.9. The van der Waals surface area contributed by atoms with Gasteiger partial charge in [-0.15, -0.1) is 0 Å². The van der Waals surface area contributed by atoms with Crippen LogP contribution in [0.25, 0.3) is 0 Å². The van der Waals surface area contributed by atoms with Gasteiger partial charge in [-0.3, -0.25) is 38.4 Å². The van der Waals surface area contributed by atoms with Crippen LogP contribution in [0.3, 0.4) is 0 Å². The van der Waals surface area contributed by atoms with Gasteiger partial charge >= 0.3 is 11.9 Å². The van der Waals surface area contributed by atoms with E-state index in [0.717, 1.165) is 63.4 Å². The molecule has 0 bridgehead atoms. The lowest BCUT2D eigenvalue weighted by Gasteiger charge is -2.27. The number of carboxylic acid groups (broad SMARTS) is 2. The lowest BCUT2D eigenvalue weighted by molar-refractivity contribution is -0.142. The number of amides is 6. The van der Waals surface area contributed by atoms with Crippen LogP contribution >= 0.6 is 0 Å². The van der Waals surface area contributed by atoms with Crippen molar-refractivity contribution < 1.29 is 63.6 Å². The van der Waals surface area contributed by atoms with Gasteiger partial charge in [-0.1, -0.05) is 77.0 Å². The summed E-state index contributed by atoms with van der Waals surface area (Å²) in [6.45, 7) is -1.66. The number of carbonyl (C=O) groups is 9. The third-order valence-electron chi connectivity index (χ3n) is 10.2. The van der Waals surface area contributed by atoms with E-state index in [2.05, 4.69) is 37.2 Å². The predicted octanol–water partition coefficient (Wildman–Crippen LogP) is 0.582. The molecule has 0 aromatic rings. The standard InChI is InChI=1S/C42H71N7O13/c1-29(52)23-43-37(55)25-45-41(60)34(28-51)49-38(56)26-46-40(59)33(27-50)47-32(30-17-16-18-30)24-44-35(53)22-21-31(42(61)62)48-36(54)19-14-12-10-8-6-4-2-3-5-7-9-11-13-15-20-39(57)58/h31,33-34,47,50-51H,2-28H2,1H3,(H,43,55)(H,44,53)(H,45,60)(H,46,59)(H,48,54)(H,49,56)(H,57,58)(H,61,62)/t31-,33-,34-/m0/s1. The number of rotatable bonds is 37. The van der Waals surface area contributed by atoms with Gasteiger partial charge in [0.1, 0.15) is 23.9 Å². The van der Waals surface area contributed by atoms with Crippen molar-refractivity contribution in [2.45, 2.75) is 160 Å². The summed E-state index contributed by atoms with van der Waals surface area (Å²) in [7, 11) is 0. The molecule has 3 atom stereocenters. The maximum Gasteiger partial charge on any atom is 0.326 e. The first-order valence-electron chi connectivity index (χ1n) is 22.0. The number of Topliss-reactive ketones (excluding diaryl/α,β-unsaturated/α-hetero) is 1. The van der Waals surface area contributed by atoms with Gasteiger partial charge in [0.25, 0.3) is 0 Å². The van der Waals surface area contributed by atoms with E-state index in [-0.39, 0.29) is 44.6 Å². The SMILES string of the molecule is CC(=O)CNC(=O)CNC(=O)[C@H](CO)NC(=O)CNC(=O)[C@H](CO)NC(CNC(=O)CC[C@H](NC(=O)CCCCCCCCCCCCCCCCC(=O)O)C(=O)O)=C1CCC1. The largest absolute Gasteiger partial charge is 0.481 e. The minimum atomic E-state index is -1.45. The van der Waals surface area contributed by atoms with Gasteiger partial charge < -0.3 is 57.6 Å². The third-order valence-corrected chi connectivity index (χ3v) is 10.2. The number of hydrogen-bond donors (Lipinski definition) is 11. The summed E-state index contributed by atoms with van der Waals surface area (Å²) in [6, 6.07) is -3.93. The number of aliphatic hydroxyl groups excluding tert-OH is 2. The van der Waals surface area contributed by atoms with E-state index in [4.69, 9.17) is 5.11 Å². The number of aliphatic carboxylic acids is 2. The van der Waals surface area contributed by atoms with Gasteiger partial charge in [-0.2, -0.15) is 0 Å². The molecule has 352 valence electrons. The molecule has 11 N–H and O–H groups in total. The zero-order valence-electron chi connectivity index (χ0n) is 36.3. The second-order valence-electron chi connectivity index (χ2n) is 15.6. The molecular weight excluding hydrogens is 810 g/mol. The molecule has 0 heterocycles. The molecule has 0 aromatic heterocycles. The third kappa shape index (κ3) is 27.0. The van der Waals surface area contributed by atoms with Crippen molar-refractivity contribution in [3.05, 3.63) is 11.3 Å². The molecule has 20 nitrogen and oxygen atoms in total. The van der Waals surface area contributed by atoms with E-state index in [1.54, 1.807) is 0 Å². The Morgan fingerprint density at radius 3 is 1.39 bits per heavy atom. The summed E-state index contributed by atoms with van der Waals surface area (Å²) in [4.78, 5) is 108. The van der Waals surface area contributed by atoms with E-state index < -0.39 is 91.8 Å². The zero-order valence-corrected chi connectivity index (χ0v) is 36.3. The molecule has 1 aliphatic rings. The lowest BCUT2D eigenvalue weighted by Crippen LogP contribution is -2.54. The number of ketones is 1. The van der Waals surface area contributed by atoms with Crippen LogP contribution in [0.15, 0.2) is 11.3 Å². The molecule has 0 aliphatic heterocycles. The van der Waals surface area contributed by atoms with Crippen LogP contribution in [-0.4, -0.2) is 131 Å². The Labute approximate surface area is 363 Å². The van der Waals surface area contributed by atoms with E-state index in [0.29, 0.717) is 25.0 Å². The van der Waals surface area contributed by atoms with E-state index in [9.17, 15) is 58.5 Å². The molecule has 1 fully saturated rings. The fraction of sp³-hybridized carbons (Fsp3) is 0.738. The molecule has 1 rings (SSSR count). The highest BCUT2D eigenvalue weighted by Crippen LogP contribution is 2.27. The molecule has 1 aliphatic carbocycles. The topological polar surface area (TPSA) is 319 Å². The molecule has 6 amide bonds. The van der Waals surface area contributed by atoms with E-state index in [1.165, 1.54) is 39.0 Å². The molecule has 62 heavy (non-hydrogen) atoms. The van der Waals surface area contributed by atoms with Crippen molar-refractivity contribution in [1.29, 1.82) is 0 Å². The molecule has 0 radical (unpaired) electrons. The molecule has 0 unspecified atom stereocenters.